The van der Waals surface area contributed by atoms with Gasteiger partial charge < -0.3 is 10.4 Å². The number of amides is 1. The van der Waals surface area contributed by atoms with E-state index in [2.05, 4.69) is 5.32 Å². The first-order valence-corrected chi connectivity index (χ1v) is 6.89. The summed E-state index contributed by atoms with van der Waals surface area (Å²) in [5.41, 5.74) is 3.32. The molecule has 3 nitrogen and oxygen atoms in total. The molecule has 0 spiro atoms. The Kier molecular flexibility index (Phi) is 3.15. The number of carbonyl (C=O) groups excluding carboxylic acids is 1. The Morgan fingerprint density at radius 1 is 1.37 bits per heavy atom. The second-order valence-electron chi connectivity index (χ2n) is 5.62. The topological polar surface area (TPSA) is 49.3 Å². The van der Waals surface area contributed by atoms with Crippen molar-refractivity contribution >= 4 is 5.91 Å². The molecule has 1 saturated carbocycles. The molecule has 2 aliphatic carbocycles. The summed E-state index contributed by atoms with van der Waals surface area (Å²) in [4.78, 5) is 12.0. The number of nitrogens with one attached hydrogen (secondary N) is 1. The van der Waals surface area contributed by atoms with Crippen LogP contribution in [0.1, 0.15) is 36.9 Å². The Labute approximate surface area is 113 Å². The van der Waals surface area contributed by atoms with E-state index in [9.17, 15) is 9.90 Å². The normalized spacial score (nSPS) is 26.1. The number of rotatable bonds is 3. The molecule has 0 saturated heterocycles. The van der Waals surface area contributed by atoms with Crippen LogP contribution in [0.3, 0.4) is 0 Å². The Balaban J connectivity index is 1.72. The van der Waals surface area contributed by atoms with Gasteiger partial charge in [0.15, 0.2) is 0 Å². The summed E-state index contributed by atoms with van der Waals surface area (Å²) in [5, 5.41) is 13.0. The molecule has 1 fully saturated rings. The van der Waals surface area contributed by atoms with Crippen molar-refractivity contribution in [3.8, 4) is 0 Å². The lowest BCUT2D eigenvalue weighted by Gasteiger charge is -2.17. The van der Waals surface area contributed by atoms with Crippen LogP contribution >= 0.6 is 0 Å². The lowest BCUT2D eigenvalue weighted by molar-refractivity contribution is -0.118. The highest BCUT2D eigenvalue weighted by molar-refractivity contribution is 5.88. The zero-order chi connectivity index (χ0) is 13.4. The largest absolute Gasteiger partial charge is 0.390 e. The molecule has 2 N–H and O–H groups in total. The molecule has 3 heteroatoms. The fraction of sp³-hybridized carbons (Fsp3) is 0.438. The molecule has 1 aromatic rings. The molecule has 2 atom stereocenters. The monoisotopic (exact) mass is 257 g/mol. The van der Waals surface area contributed by atoms with Gasteiger partial charge in [0.2, 0.25) is 5.91 Å². The average Bonchev–Trinajstić information content (AvgIpc) is 3.17. The van der Waals surface area contributed by atoms with Crippen LogP contribution in [-0.4, -0.2) is 17.1 Å². The third-order valence-electron chi connectivity index (χ3n) is 4.08. The van der Waals surface area contributed by atoms with Crippen molar-refractivity contribution in [1.82, 2.24) is 5.32 Å². The predicted molar refractivity (Wildman–Crippen MR) is 73.5 cm³/mol. The van der Waals surface area contributed by atoms with Crippen molar-refractivity contribution in [2.75, 3.05) is 0 Å². The maximum Gasteiger partial charge on any atom is 0.244 e. The molecular weight excluding hydrogens is 238 g/mol. The fourth-order valence-electron chi connectivity index (χ4n) is 2.81. The molecular formula is C16H19NO2. The highest BCUT2D eigenvalue weighted by atomic mass is 16.3. The van der Waals surface area contributed by atoms with Gasteiger partial charge in [0, 0.05) is 12.5 Å². The highest BCUT2D eigenvalue weighted by Gasteiger charge is 2.31. The van der Waals surface area contributed by atoms with Crippen molar-refractivity contribution in [3.63, 3.8) is 0 Å². The summed E-state index contributed by atoms with van der Waals surface area (Å²) in [6, 6.07) is 7.63. The van der Waals surface area contributed by atoms with Crippen molar-refractivity contribution < 1.29 is 9.90 Å². The second-order valence-corrected chi connectivity index (χ2v) is 5.62. The number of hydrogen-bond acceptors (Lipinski definition) is 2. The van der Waals surface area contributed by atoms with Crippen LogP contribution in [0, 0.1) is 5.92 Å². The first-order valence-electron chi connectivity index (χ1n) is 6.89. The van der Waals surface area contributed by atoms with E-state index >= 15 is 0 Å². The van der Waals surface area contributed by atoms with E-state index in [1.54, 1.807) is 6.08 Å². The molecule has 0 bridgehead atoms. The van der Waals surface area contributed by atoms with E-state index in [1.165, 1.54) is 12.8 Å². The van der Waals surface area contributed by atoms with Crippen LogP contribution in [0.4, 0.5) is 0 Å². The summed E-state index contributed by atoms with van der Waals surface area (Å²) < 4.78 is 0. The SMILES string of the molecule is C/C(=C/C(=O)NC1c2ccccc2CC1O)C1CC1. The molecule has 2 unspecified atom stereocenters. The Morgan fingerprint density at radius 3 is 2.84 bits per heavy atom. The summed E-state index contributed by atoms with van der Waals surface area (Å²) in [6.45, 7) is 2.01. The van der Waals surface area contributed by atoms with E-state index in [4.69, 9.17) is 0 Å². The molecule has 3 rings (SSSR count). The lowest BCUT2D eigenvalue weighted by atomic mass is 10.1. The minimum Gasteiger partial charge on any atom is -0.390 e. The maximum atomic E-state index is 12.0. The van der Waals surface area contributed by atoms with Gasteiger partial charge in [-0.1, -0.05) is 29.8 Å². The molecule has 100 valence electrons. The predicted octanol–water partition coefficient (Wildman–Crippen LogP) is 2.12. The number of benzene rings is 1. The van der Waals surface area contributed by atoms with Crippen molar-refractivity contribution in [2.24, 2.45) is 5.92 Å². The van der Waals surface area contributed by atoms with Gasteiger partial charge >= 0.3 is 0 Å². The van der Waals surface area contributed by atoms with Crippen LogP contribution in [-0.2, 0) is 11.2 Å². The first-order chi connectivity index (χ1) is 9.15. The summed E-state index contributed by atoms with van der Waals surface area (Å²) in [7, 11) is 0. The Hall–Kier alpha value is -1.61. The minimum absolute atomic E-state index is 0.0925. The molecule has 19 heavy (non-hydrogen) atoms. The van der Waals surface area contributed by atoms with Crippen molar-refractivity contribution in [3.05, 3.63) is 47.0 Å². The zero-order valence-corrected chi connectivity index (χ0v) is 11.1. The van der Waals surface area contributed by atoms with Crippen LogP contribution in [0.15, 0.2) is 35.9 Å². The third kappa shape index (κ3) is 2.56. The standard InChI is InChI=1S/C16H19NO2/c1-10(11-6-7-11)8-15(19)17-16-13-5-3-2-4-12(13)9-14(16)18/h2-5,8,11,14,16,18H,6-7,9H2,1H3,(H,17,19)/b10-8-. The van der Waals surface area contributed by atoms with Gasteiger partial charge in [0.05, 0.1) is 12.1 Å². The van der Waals surface area contributed by atoms with Gasteiger partial charge in [-0.2, -0.15) is 0 Å². The van der Waals surface area contributed by atoms with Gasteiger partial charge in [0.25, 0.3) is 0 Å². The highest BCUT2D eigenvalue weighted by Crippen LogP contribution is 2.36. The number of hydrogen-bond donors (Lipinski definition) is 2. The number of aliphatic hydroxyl groups excluding tert-OH is 1. The summed E-state index contributed by atoms with van der Waals surface area (Å²) in [6.07, 6.45) is 4.18. The molecule has 2 aliphatic rings. The fourth-order valence-corrected chi connectivity index (χ4v) is 2.81. The second kappa shape index (κ2) is 4.82. The molecule has 0 aliphatic heterocycles. The summed E-state index contributed by atoms with van der Waals surface area (Å²) >= 11 is 0. The van der Waals surface area contributed by atoms with Crippen LogP contribution < -0.4 is 5.32 Å². The smallest absolute Gasteiger partial charge is 0.244 e. The maximum absolute atomic E-state index is 12.0. The average molecular weight is 257 g/mol. The van der Waals surface area contributed by atoms with Gasteiger partial charge in [0.1, 0.15) is 0 Å². The number of aliphatic hydroxyl groups is 1. The third-order valence-corrected chi connectivity index (χ3v) is 4.08. The number of carbonyl (C=O) groups is 1. The molecule has 1 aromatic carbocycles. The number of fused-ring (bicyclic) bond motifs is 1. The van der Waals surface area contributed by atoms with E-state index in [0.29, 0.717) is 12.3 Å². The minimum atomic E-state index is -0.518. The van der Waals surface area contributed by atoms with E-state index in [1.807, 2.05) is 31.2 Å². The molecule has 0 heterocycles. The van der Waals surface area contributed by atoms with Gasteiger partial charge in [-0.05, 0) is 36.8 Å². The quantitative estimate of drug-likeness (QED) is 0.815. The van der Waals surface area contributed by atoms with Crippen LogP contribution in [0.2, 0.25) is 0 Å². The number of allylic oxidation sites excluding steroid dienone is 1. The van der Waals surface area contributed by atoms with E-state index in [-0.39, 0.29) is 11.9 Å². The molecule has 1 amide bonds. The summed E-state index contributed by atoms with van der Waals surface area (Å²) in [5.74, 6) is 0.511. The Bertz CT molecular complexity index is 531. The lowest BCUT2D eigenvalue weighted by Crippen LogP contribution is -2.32. The van der Waals surface area contributed by atoms with E-state index in [0.717, 1.165) is 16.7 Å². The van der Waals surface area contributed by atoms with Crippen LogP contribution in [0.5, 0.6) is 0 Å². The van der Waals surface area contributed by atoms with Gasteiger partial charge in [-0.25, -0.2) is 0 Å². The van der Waals surface area contributed by atoms with Gasteiger partial charge in [-0.3, -0.25) is 4.79 Å². The molecule has 0 radical (unpaired) electrons. The molecule has 0 aromatic heterocycles. The van der Waals surface area contributed by atoms with Crippen molar-refractivity contribution in [2.45, 2.75) is 38.3 Å². The Morgan fingerprint density at radius 2 is 2.11 bits per heavy atom. The zero-order valence-electron chi connectivity index (χ0n) is 11.1. The van der Waals surface area contributed by atoms with Crippen LogP contribution in [0.25, 0.3) is 0 Å². The van der Waals surface area contributed by atoms with E-state index < -0.39 is 6.10 Å². The van der Waals surface area contributed by atoms with Gasteiger partial charge in [-0.15, -0.1) is 0 Å². The van der Waals surface area contributed by atoms with Crippen molar-refractivity contribution in [1.29, 1.82) is 0 Å². The first kappa shape index (κ1) is 12.4.